The van der Waals surface area contributed by atoms with E-state index in [9.17, 15) is 10.1 Å². The largest absolute Gasteiger partial charge is 0.312 e. The molecule has 0 heterocycles. The van der Waals surface area contributed by atoms with Gasteiger partial charge in [0.15, 0.2) is 0 Å². The Morgan fingerprint density at radius 3 is 2.53 bits per heavy atom. The first-order valence-electron chi connectivity index (χ1n) is 7.18. The molecule has 4 nitrogen and oxygen atoms in total. The second-order valence-electron chi connectivity index (χ2n) is 5.90. The van der Waals surface area contributed by atoms with Crippen LogP contribution in [0.3, 0.4) is 0 Å². The van der Waals surface area contributed by atoms with Crippen LogP contribution in [0.4, 0.5) is 5.69 Å². The van der Waals surface area contributed by atoms with Gasteiger partial charge in [0, 0.05) is 18.7 Å². The molecular weight excluding hydrogens is 240 g/mol. The van der Waals surface area contributed by atoms with Crippen molar-refractivity contribution in [3.8, 4) is 0 Å². The Balaban J connectivity index is 1.51. The molecule has 0 aliphatic heterocycles. The summed E-state index contributed by atoms with van der Waals surface area (Å²) in [6.07, 6.45) is 5.61. The van der Waals surface area contributed by atoms with E-state index in [1.54, 1.807) is 18.2 Å². The summed E-state index contributed by atoms with van der Waals surface area (Å²) in [6, 6.07) is 6.91. The summed E-state index contributed by atoms with van der Waals surface area (Å²) in [5, 5.41) is 14.2. The molecule has 2 aliphatic rings. The number of nitro groups is 1. The molecule has 2 aliphatic carbocycles. The van der Waals surface area contributed by atoms with Gasteiger partial charge < -0.3 is 5.32 Å². The zero-order valence-electron chi connectivity index (χ0n) is 11.0. The normalized spacial score (nSPS) is 18.8. The molecule has 0 radical (unpaired) electrons. The van der Waals surface area contributed by atoms with Gasteiger partial charge in [0.1, 0.15) is 0 Å². The summed E-state index contributed by atoms with van der Waals surface area (Å²) in [7, 11) is 0. The molecule has 0 bridgehead atoms. The molecule has 0 aromatic heterocycles. The molecule has 1 aromatic carbocycles. The van der Waals surface area contributed by atoms with E-state index in [2.05, 4.69) is 5.32 Å². The number of non-ortho nitro benzene ring substituents is 1. The molecule has 2 saturated carbocycles. The van der Waals surface area contributed by atoms with Crippen LogP contribution in [-0.2, 0) is 6.54 Å². The van der Waals surface area contributed by atoms with E-state index in [0.717, 1.165) is 36.4 Å². The van der Waals surface area contributed by atoms with Crippen molar-refractivity contribution in [1.29, 1.82) is 0 Å². The highest BCUT2D eigenvalue weighted by Crippen LogP contribution is 2.48. The van der Waals surface area contributed by atoms with E-state index in [0.29, 0.717) is 0 Å². The summed E-state index contributed by atoms with van der Waals surface area (Å²) in [4.78, 5) is 10.4. The number of rotatable bonds is 7. The number of nitrogens with one attached hydrogen (secondary N) is 1. The van der Waals surface area contributed by atoms with Gasteiger partial charge in [0.2, 0.25) is 0 Å². The lowest BCUT2D eigenvalue weighted by Crippen LogP contribution is -2.25. The van der Waals surface area contributed by atoms with E-state index in [4.69, 9.17) is 0 Å². The quantitative estimate of drug-likeness (QED) is 0.605. The van der Waals surface area contributed by atoms with Gasteiger partial charge in [0.05, 0.1) is 4.92 Å². The number of benzene rings is 1. The Labute approximate surface area is 113 Å². The van der Waals surface area contributed by atoms with E-state index >= 15 is 0 Å². The van der Waals surface area contributed by atoms with Gasteiger partial charge in [0.25, 0.3) is 5.69 Å². The molecule has 4 heteroatoms. The van der Waals surface area contributed by atoms with Crippen LogP contribution in [0.2, 0.25) is 0 Å². The van der Waals surface area contributed by atoms with Crippen molar-refractivity contribution in [1.82, 2.24) is 5.32 Å². The predicted molar refractivity (Wildman–Crippen MR) is 73.7 cm³/mol. The zero-order valence-corrected chi connectivity index (χ0v) is 11.0. The standard InChI is InChI=1S/C15H20N2O2/c18-17(19)14-3-1-2-11(8-14)9-16-10-15(12-4-5-12)13-6-7-13/h1-3,8,12-13,15-16H,4-7,9-10H2. The summed E-state index contributed by atoms with van der Waals surface area (Å²) in [6.45, 7) is 1.80. The van der Waals surface area contributed by atoms with E-state index in [1.807, 2.05) is 6.07 Å². The maximum Gasteiger partial charge on any atom is 0.269 e. The van der Waals surface area contributed by atoms with E-state index in [1.165, 1.54) is 25.7 Å². The first-order valence-corrected chi connectivity index (χ1v) is 7.18. The van der Waals surface area contributed by atoms with Crippen LogP contribution in [0, 0.1) is 27.9 Å². The van der Waals surface area contributed by atoms with Crippen LogP contribution in [0.1, 0.15) is 31.2 Å². The van der Waals surface area contributed by atoms with Crippen LogP contribution in [0.15, 0.2) is 24.3 Å². The predicted octanol–water partition coefficient (Wildman–Crippen LogP) is 3.12. The van der Waals surface area contributed by atoms with Gasteiger partial charge in [-0.15, -0.1) is 0 Å². The molecule has 3 rings (SSSR count). The Morgan fingerprint density at radius 2 is 1.95 bits per heavy atom. The Bertz CT molecular complexity index is 455. The van der Waals surface area contributed by atoms with Gasteiger partial charge in [-0.05, 0) is 55.5 Å². The molecular formula is C15H20N2O2. The van der Waals surface area contributed by atoms with Crippen LogP contribution < -0.4 is 5.32 Å². The van der Waals surface area contributed by atoms with Gasteiger partial charge in [-0.1, -0.05) is 12.1 Å². The Kier molecular flexibility index (Phi) is 3.51. The minimum Gasteiger partial charge on any atom is -0.312 e. The molecule has 0 atom stereocenters. The second kappa shape index (κ2) is 5.29. The van der Waals surface area contributed by atoms with E-state index < -0.39 is 0 Å². The number of hydrogen-bond donors (Lipinski definition) is 1. The zero-order chi connectivity index (χ0) is 13.2. The molecule has 0 unspecified atom stereocenters. The summed E-state index contributed by atoms with van der Waals surface area (Å²) in [5.41, 5.74) is 1.18. The fourth-order valence-electron chi connectivity index (χ4n) is 2.93. The summed E-state index contributed by atoms with van der Waals surface area (Å²) in [5.74, 6) is 2.74. The van der Waals surface area contributed by atoms with Crippen LogP contribution in [-0.4, -0.2) is 11.5 Å². The number of hydrogen-bond acceptors (Lipinski definition) is 3. The maximum absolute atomic E-state index is 10.7. The van der Waals surface area contributed by atoms with Gasteiger partial charge in [-0.3, -0.25) is 10.1 Å². The SMILES string of the molecule is O=[N+]([O-])c1cccc(CNCC(C2CC2)C2CC2)c1. The number of nitrogens with zero attached hydrogens (tertiary/aromatic N) is 1. The lowest BCUT2D eigenvalue weighted by molar-refractivity contribution is -0.384. The first kappa shape index (κ1) is 12.6. The third-order valence-corrected chi connectivity index (χ3v) is 4.29. The minimum atomic E-state index is -0.333. The molecule has 1 aromatic rings. The van der Waals surface area contributed by atoms with Gasteiger partial charge in [-0.25, -0.2) is 0 Å². The monoisotopic (exact) mass is 260 g/mol. The molecule has 0 saturated heterocycles. The molecule has 19 heavy (non-hydrogen) atoms. The van der Waals surface area contributed by atoms with Crippen LogP contribution >= 0.6 is 0 Å². The average molecular weight is 260 g/mol. The Morgan fingerprint density at radius 1 is 1.26 bits per heavy atom. The van der Waals surface area contributed by atoms with E-state index in [-0.39, 0.29) is 10.6 Å². The summed E-state index contributed by atoms with van der Waals surface area (Å²) >= 11 is 0. The molecule has 1 N–H and O–H groups in total. The van der Waals surface area contributed by atoms with Crippen molar-refractivity contribution < 1.29 is 4.92 Å². The fraction of sp³-hybridized carbons (Fsp3) is 0.600. The van der Waals surface area contributed by atoms with Crippen molar-refractivity contribution in [2.24, 2.45) is 17.8 Å². The molecule has 2 fully saturated rings. The average Bonchev–Trinajstić information content (AvgIpc) is 3.28. The maximum atomic E-state index is 10.7. The smallest absolute Gasteiger partial charge is 0.269 e. The highest BCUT2D eigenvalue weighted by Gasteiger charge is 2.40. The third kappa shape index (κ3) is 3.32. The fourth-order valence-corrected chi connectivity index (χ4v) is 2.93. The second-order valence-corrected chi connectivity index (χ2v) is 5.90. The van der Waals surface area contributed by atoms with Crippen LogP contribution in [0.5, 0.6) is 0 Å². The van der Waals surface area contributed by atoms with Crippen LogP contribution in [0.25, 0.3) is 0 Å². The molecule has 0 spiro atoms. The molecule has 102 valence electrons. The van der Waals surface area contributed by atoms with Gasteiger partial charge in [-0.2, -0.15) is 0 Å². The highest BCUT2D eigenvalue weighted by molar-refractivity contribution is 5.34. The Hall–Kier alpha value is -1.42. The molecule has 0 amide bonds. The van der Waals surface area contributed by atoms with Crippen molar-refractivity contribution in [3.05, 3.63) is 39.9 Å². The van der Waals surface area contributed by atoms with Crippen molar-refractivity contribution in [3.63, 3.8) is 0 Å². The van der Waals surface area contributed by atoms with Gasteiger partial charge >= 0.3 is 0 Å². The lowest BCUT2D eigenvalue weighted by Gasteiger charge is -2.16. The first-order chi connectivity index (χ1) is 9.24. The number of nitro benzene ring substituents is 1. The summed E-state index contributed by atoms with van der Waals surface area (Å²) < 4.78 is 0. The minimum absolute atomic E-state index is 0.181. The van der Waals surface area contributed by atoms with Crippen molar-refractivity contribution >= 4 is 5.69 Å². The highest BCUT2D eigenvalue weighted by atomic mass is 16.6. The topological polar surface area (TPSA) is 55.2 Å². The lowest BCUT2D eigenvalue weighted by atomic mass is 9.98. The van der Waals surface area contributed by atoms with Crippen molar-refractivity contribution in [2.45, 2.75) is 32.2 Å². The van der Waals surface area contributed by atoms with Crippen molar-refractivity contribution in [2.75, 3.05) is 6.54 Å². The third-order valence-electron chi connectivity index (χ3n) is 4.29.